The lowest BCUT2D eigenvalue weighted by atomic mass is 10.1. The average Bonchev–Trinajstić information content (AvgIpc) is 3.33. The number of aliphatic imine (C=N–C) groups is 2. The van der Waals surface area contributed by atoms with Crippen LogP contribution < -0.4 is 9.64 Å². The minimum Gasteiger partial charge on any atom is -0.494 e. The Morgan fingerprint density at radius 3 is 2.68 bits per heavy atom. The van der Waals surface area contributed by atoms with Crippen molar-refractivity contribution in [1.82, 2.24) is 0 Å². The zero-order valence-electron chi connectivity index (χ0n) is 18.4. The predicted octanol–water partition coefficient (Wildman–Crippen LogP) is 5.13. The van der Waals surface area contributed by atoms with Crippen LogP contribution in [0.15, 0.2) is 58.5 Å². The summed E-state index contributed by atoms with van der Waals surface area (Å²) in [6.45, 7) is 7.60. The first-order valence-electron chi connectivity index (χ1n) is 10.9. The van der Waals surface area contributed by atoms with E-state index >= 15 is 0 Å². The number of fused-ring (bicyclic) bond motifs is 1. The van der Waals surface area contributed by atoms with Gasteiger partial charge >= 0.3 is 0 Å². The molecular weight excluding hydrogens is 406 g/mol. The monoisotopic (exact) mass is 435 g/mol. The molecule has 0 aromatic heterocycles. The van der Waals surface area contributed by atoms with Gasteiger partial charge in [-0.05, 0) is 62.6 Å². The second kappa shape index (κ2) is 9.27. The molecule has 2 aromatic carbocycles. The van der Waals surface area contributed by atoms with E-state index in [9.17, 15) is 4.79 Å². The molecule has 1 amide bonds. The van der Waals surface area contributed by atoms with Gasteiger partial charge in [0.25, 0.3) is 0 Å². The second-order valence-electron chi connectivity index (χ2n) is 8.31. The van der Waals surface area contributed by atoms with Crippen molar-refractivity contribution in [2.24, 2.45) is 9.98 Å². The molecule has 0 saturated carbocycles. The van der Waals surface area contributed by atoms with E-state index in [1.54, 1.807) is 0 Å². The minimum atomic E-state index is -0.517. The summed E-state index contributed by atoms with van der Waals surface area (Å²) in [4.78, 5) is 24.4. The number of rotatable bonds is 7. The topological polar surface area (TPSA) is 54.3 Å². The fourth-order valence-electron chi connectivity index (χ4n) is 3.79. The summed E-state index contributed by atoms with van der Waals surface area (Å²) in [5.74, 6) is 1.32. The molecule has 0 fully saturated rings. The van der Waals surface area contributed by atoms with Crippen molar-refractivity contribution in [1.29, 1.82) is 0 Å². The normalized spacial score (nSPS) is 16.7. The fraction of sp³-hybridized carbons (Fsp3) is 0.400. The lowest BCUT2D eigenvalue weighted by Gasteiger charge is -2.17. The zero-order chi connectivity index (χ0) is 21.8. The maximum absolute atomic E-state index is 12.9. The van der Waals surface area contributed by atoms with E-state index in [-0.39, 0.29) is 5.91 Å². The van der Waals surface area contributed by atoms with Gasteiger partial charge in [0.1, 0.15) is 16.5 Å². The molecule has 0 atom stereocenters. The van der Waals surface area contributed by atoms with Gasteiger partial charge in [0, 0.05) is 17.8 Å². The molecule has 0 N–H and O–H groups in total. The number of unbranched alkanes of at least 4 members (excludes halogenated alkanes) is 1. The van der Waals surface area contributed by atoms with E-state index in [2.05, 4.69) is 13.0 Å². The van der Waals surface area contributed by atoms with Gasteiger partial charge in [-0.1, -0.05) is 43.3 Å². The maximum Gasteiger partial charge on any atom is 0.237 e. The SMILES string of the molecule is CCCCOc1ccc(C2=NC(C)(C)N=C2SCC(=O)N2CCc3ccccc32)cc1. The van der Waals surface area contributed by atoms with Crippen molar-refractivity contribution in [3.8, 4) is 5.75 Å². The smallest absolute Gasteiger partial charge is 0.237 e. The highest BCUT2D eigenvalue weighted by Crippen LogP contribution is 2.30. The lowest BCUT2D eigenvalue weighted by Crippen LogP contribution is -2.31. The third-order valence-corrected chi connectivity index (χ3v) is 6.33. The van der Waals surface area contributed by atoms with Gasteiger partial charge in [-0.15, -0.1) is 0 Å². The van der Waals surface area contributed by atoms with Crippen LogP contribution in [0.1, 0.15) is 44.7 Å². The molecule has 2 aliphatic rings. The summed E-state index contributed by atoms with van der Waals surface area (Å²) in [5, 5.41) is 0.825. The van der Waals surface area contributed by atoms with Crippen molar-refractivity contribution >= 4 is 34.1 Å². The number of benzene rings is 2. The molecule has 162 valence electrons. The molecule has 0 unspecified atom stereocenters. The van der Waals surface area contributed by atoms with Gasteiger partial charge in [-0.2, -0.15) is 0 Å². The summed E-state index contributed by atoms with van der Waals surface area (Å²) in [6, 6.07) is 16.1. The number of carbonyl (C=O) groups is 1. The van der Waals surface area contributed by atoms with Crippen LogP contribution in [0.4, 0.5) is 5.69 Å². The Hall–Kier alpha value is -2.60. The van der Waals surface area contributed by atoms with Gasteiger partial charge < -0.3 is 9.64 Å². The molecule has 2 heterocycles. The Morgan fingerprint density at radius 1 is 1.13 bits per heavy atom. The molecule has 0 spiro atoms. The number of ether oxygens (including phenoxy) is 1. The number of hydrogen-bond acceptors (Lipinski definition) is 5. The van der Waals surface area contributed by atoms with E-state index in [0.29, 0.717) is 5.75 Å². The van der Waals surface area contributed by atoms with E-state index in [4.69, 9.17) is 14.7 Å². The number of nitrogens with zero attached hydrogens (tertiary/aromatic N) is 3. The fourth-order valence-corrected chi connectivity index (χ4v) is 4.79. The third-order valence-electron chi connectivity index (χ3n) is 5.38. The van der Waals surface area contributed by atoms with E-state index in [1.807, 2.05) is 61.2 Å². The number of para-hydroxylation sites is 1. The summed E-state index contributed by atoms with van der Waals surface area (Å²) in [6.07, 6.45) is 3.08. The first-order valence-corrected chi connectivity index (χ1v) is 11.9. The molecule has 2 aromatic rings. The Morgan fingerprint density at radius 2 is 1.90 bits per heavy atom. The summed E-state index contributed by atoms with van der Waals surface area (Å²) >= 11 is 1.48. The van der Waals surface area contributed by atoms with Gasteiger partial charge in [-0.3, -0.25) is 9.79 Å². The van der Waals surface area contributed by atoms with Gasteiger partial charge in [0.2, 0.25) is 5.91 Å². The Bertz CT molecular complexity index is 1010. The highest BCUT2D eigenvalue weighted by atomic mass is 32.2. The standard InChI is InChI=1S/C25H29N3O2S/c1-4-5-16-30-20-12-10-19(11-13-20)23-24(27-25(2,3)26-23)31-17-22(29)28-15-14-18-8-6-7-9-21(18)28/h6-13H,4-5,14-17H2,1-3H3. The van der Waals surface area contributed by atoms with E-state index in [1.165, 1.54) is 17.3 Å². The molecule has 6 heteroatoms. The molecular formula is C25H29N3O2S. The van der Waals surface area contributed by atoms with Crippen molar-refractivity contribution in [2.75, 3.05) is 23.8 Å². The molecule has 0 bridgehead atoms. The molecule has 0 aliphatic carbocycles. The molecule has 2 aliphatic heterocycles. The van der Waals surface area contributed by atoms with Crippen LogP contribution in [0.25, 0.3) is 0 Å². The van der Waals surface area contributed by atoms with E-state index < -0.39 is 5.66 Å². The molecule has 31 heavy (non-hydrogen) atoms. The quantitative estimate of drug-likeness (QED) is 0.567. The van der Waals surface area contributed by atoms with Gasteiger partial charge in [0.05, 0.1) is 18.1 Å². The van der Waals surface area contributed by atoms with Crippen LogP contribution >= 0.6 is 11.8 Å². The van der Waals surface area contributed by atoms with Crippen LogP contribution in [0.2, 0.25) is 0 Å². The lowest BCUT2D eigenvalue weighted by molar-refractivity contribution is -0.116. The minimum absolute atomic E-state index is 0.112. The van der Waals surface area contributed by atoms with Crippen LogP contribution in [0.3, 0.4) is 0 Å². The van der Waals surface area contributed by atoms with Crippen LogP contribution in [-0.2, 0) is 11.2 Å². The predicted molar refractivity (Wildman–Crippen MR) is 130 cm³/mol. The number of hydrogen-bond donors (Lipinski definition) is 0. The number of thioether (sulfide) groups is 1. The Labute approximate surface area is 188 Å². The van der Waals surface area contributed by atoms with Crippen LogP contribution in [-0.4, -0.2) is 41.2 Å². The van der Waals surface area contributed by atoms with Crippen molar-refractivity contribution in [3.05, 3.63) is 59.7 Å². The maximum atomic E-state index is 12.9. The van der Waals surface area contributed by atoms with Gasteiger partial charge in [0.15, 0.2) is 0 Å². The number of amides is 1. The third kappa shape index (κ3) is 5.01. The molecule has 0 radical (unpaired) electrons. The van der Waals surface area contributed by atoms with Gasteiger partial charge in [-0.25, -0.2) is 4.99 Å². The molecule has 0 saturated heterocycles. The highest BCUT2D eigenvalue weighted by Gasteiger charge is 2.30. The largest absolute Gasteiger partial charge is 0.494 e. The van der Waals surface area contributed by atoms with Crippen LogP contribution in [0.5, 0.6) is 5.75 Å². The number of anilines is 1. The second-order valence-corrected chi connectivity index (χ2v) is 9.27. The van der Waals surface area contributed by atoms with Crippen molar-refractivity contribution < 1.29 is 9.53 Å². The zero-order valence-corrected chi connectivity index (χ0v) is 19.2. The summed E-state index contributed by atoms with van der Waals surface area (Å²) < 4.78 is 5.77. The van der Waals surface area contributed by atoms with Crippen molar-refractivity contribution in [2.45, 2.75) is 45.7 Å². The van der Waals surface area contributed by atoms with Crippen LogP contribution in [0, 0.1) is 0 Å². The molecule has 5 nitrogen and oxygen atoms in total. The van der Waals surface area contributed by atoms with Crippen molar-refractivity contribution in [3.63, 3.8) is 0 Å². The molecule has 4 rings (SSSR count). The summed E-state index contributed by atoms with van der Waals surface area (Å²) in [7, 11) is 0. The highest BCUT2D eigenvalue weighted by molar-refractivity contribution is 8.16. The first kappa shape index (κ1) is 21.6. The average molecular weight is 436 g/mol. The number of carbonyl (C=O) groups excluding carboxylic acids is 1. The Balaban J connectivity index is 1.43. The first-order chi connectivity index (χ1) is 15.0. The Kier molecular flexibility index (Phi) is 6.46. The van der Waals surface area contributed by atoms with E-state index in [0.717, 1.165) is 60.2 Å². The summed E-state index contributed by atoms with van der Waals surface area (Å²) in [5.41, 5.74) is 3.61.